The van der Waals surface area contributed by atoms with Gasteiger partial charge in [0.15, 0.2) is 11.5 Å². The largest absolute Gasteiger partial charge is 0.462 e. The molecule has 3 rings (SSSR count). The van der Waals surface area contributed by atoms with Crippen LogP contribution in [0.1, 0.15) is 32.3 Å². The highest BCUT2D eigenvalue weighted by molar-refractivity contribution is 7.51. The predicted octanol–water partition coefficient (Wildman–Crippen LogP) is 2.32. The number of ketones is 1. The number of nitrogens with one attached hydrogen (secondary N) is 2. The van der Waals surface area contributed by atoms with Crippen molar-refractivity contribution in [2.24, 2.45) is 0 Å². The number of ether oxygens (including phenoxy) is 1. The summed E-state index contributed by atoms with van der Waals surface area (Å²) in [4.78, 5) is 39.9. The Labute approximate surface area is 218 Å². The fourth-order valence-electron chi connectivity index (χ4n) is 3.33. The number of anilines is 1. The van der Waals surface area contributed by atoms with Crippen LogP contribution in [-0.4, -0.2) is 61.0 Å². The minimum Gasteiger partial charge on any atom is -0.462 e. The second-order valence-corrected chi connectivity index (χ2v) is 10.2. The Morgan fingerprint density at radius 2 is 1.97 bits per heavy atom. The van der Waals surface area contributed by atoms with Crippen LogP contribution in [0.5, 0.6) is 0 Å². The lowest BCUT2D eigenvalue weighted by atomic mass is 10.1. The molecule has 2 heterocycles. The molecule has 4 N–H and O–H groups in total. The van der Waals surface area contributed by atoms with Crippen LogP contribution < -0.4 is 10.8 Å². The van der Waals surface area contributed by atoms with Gasteiger partial charge in [0.2, 0.25) is 5.78 Å². The number of hydrogen-bond donors (Lipinski definition) is 3. The minimum atomic E-state index is -4.13. The first kappa shape index (κ1) is 28.8. The van der Waals surface area contributed by atoms with E-state index in [9.17, 15) is 14.2 Å². The van der Waals surface area contributed by atoms with Gasteiger partial charge in [-0.15, -0.1) is 0 Å². The molecule has 0 aliphatic carbocycles. The molecular formula is C23H30N8O6P+. The summed E-state index contributed by atoms with van der Waals surface area (Å²) in [7, 11) is -4.13. The maximum Gasteiger partial charge on any atom is 0.406 e. The Morgan fingerprint density at radius 3 is 2.68 bits per heavy atom. The number of nitrogen functional groups attached to an aromatic ring is 1. The molecule has 0 saturated carbocycles. The van der Waals surface area contributed by atoms with E-state index in [1.165, 1.54) is 12.7 Å². The third kappa shape index (κ3) is 8.37. The van der Waals surface area contributed by atoms with Gasteiger partial charge in [-0.25, -0.2) is 24.6 Å². The minimum absolute atomic E-state index is 0.0702. The number of benzene rings is 1. The summed E-state index contributed by atoms with van der Waals surface area (Å²) in [6.07, 6.45) is 2.97. The number of carbonyl (C=O) groups is 2. The smallest absolute Gasteiger partial charge is 0.406 e. The standard InChI is InChI=1S/C23H29N8O6P/c1-16(2)37-23(33)19(9-8-18(32)12-29-25)30-38(34,36-13-17-6-4-3-5-7-17)35-11-10-31-15-28-20-21(24)26-14-27-22(20)31/h3-7,12,14-16,19,24H,8-11,13H2,1-2H3,(H2-,25,30,32,34)/p+1/t19-,38?/m0/s1. The van der Waals surface area contributed by atoms with Crippen LogP contribution in [0.4, 0.5) is 5.82 Å². The van der Waals surface area contributed by atoms with E-state index in [4.69, 9.17) is 25.0 Å². The Balaban J connectivity index is 1.78. The fourth-order valence-corrected chi connectivity index (χ4v) is 4.81. The lowest BCUT2D eigenvalue weighted by molar-refractivity contribution is -0.149. The topological polar surface area (TPSA) is 199 Å². The van der Waals surface area contributed by atoms with Crippen molar-refractivity contribution < 1.29 is 32.7 Å². The maximum absolute atomic E-state index is 13.8. The molecule has 38 heavy (non-hydrogen) atoms. The number of nitrogens with two attached hydrogens (primary N) is 1. The van der Waals surface area contributed by atoms with Crippen molar-refractivity contribution >= 4 is 42.7 Å². The summed E-state index contributed by atoms with van der Waals surface area (Å²) in [6, 6.07) is 7.82. The van der Waals surface area contributed by atoms with Crippen molar-refractivity contribution in [3.8, 4) is 0 Å². The van der Waals surface area contributed by atoms with E-state index < -0.39 is 31.6 Å². The van der Waals surface area contributed by atoms with Crippen LogP contribution in [0.15, 0.2) is 43.0 Å². The predicted molar refractivity (Wildman–Crippen MR) is 136 cm³/mol. The van der Waals surface area contributed by atoms with Crippen LogP contribution in [-0.2, 0) is 41.1 Å². The normalized spacial score (nSPS) is 13.6. The Morgan fingerprint density at radius 1 is 1.21 bits per heavy atom. The van der Waals surface area contributed by atoms with Gasteiger partial charge >= 0.3 is 19.9 Å². The van der Waals surface area contributed by atoms with Crippen LogP contribution in [0.25, 0.3) is 11.2 Å². The Hall–Kier alpha value is -3.80. The number of aromatic nitrogens is 4. The average molecular weight is 546 g/mol. The van der Waals surface area contributed by atoms with E-state index in [-0.39, 0.29) is 38.4 Å². The van der Waals surface area contributed by atoms with E-state index in [0.717, 1.165) is 11.8 Å². The van der Waals surface area contributed by atoms with Crippen LogP contribution in [0.3, 0.4) is 0 Å². The van der Waals surface area contributed by atoms with Crippen molar-refractivity contribution in [3.63, 3.8) is 0 Å². The lowest BCUT2D eigenvalue weighted by Crippen LogP contribution is -2.38. The number of nitrogens with zero attached hydrogens (tertiary/aromatic N) is 5. The van der Waals surface area contributed by atoms with Gasteiger partial charge < -0.3 is 15.0 Å². The highest BCUT2D eigenvalue weighted by Crippen LogP contribution is 2.45. The van der Waals surface area contributed by atoms with Crippen molar-refractivity contribution in [3.05, 3.63) is 48.5 Å². The van der Waals surface area contributed by atoms with Crippen molar-refractivity contribution in [2.45, 2.75) is 52.0 Å². The maximum atomic E-state index is 13.8. The van der Waals surface area contributed by atoms with Gasteiger partial charge in [0.1, 0.15) is 17.9 Å². The highest BCUT2D eigenvalue weighted by Gasteiger charge is 2.34. The van der Waals surface area contributed by atoms with E-state index in [1.54, 1.807) is 42.7 Å². The van der Waals surface area contributed by atoms with Gasteiger partial charge in [0, 0.05) is 13.0 Å². The SMILES string of the molecule is CC(C)OC(=O)[C@H](CCC(=O)C=[N+]=N)NP(=O)(OCCn1cnc2c(N)ncnc21)OCc1ccccc1. The van der Waals surface area contributed by atoms with Gasteiger partial charge in [-0.2, -0.15) is 0 Å². The van der Waals surface area contributed by atoms with E-state index in [0.29, 0.717) is 11.2 Å². The van der Waals surface area contributed by atoms with E-state index in [2.05, 4.69) is 24.8 Å². The molecule has 0 spiro atoms. The molecule has 0 aliphatic rings. The quantitative estimate of drug-likeness (QED) is 0.0832. The summed E-state index contributed by atoms with van der Waals surface area (Å²) in [5.41, 5.74) is 14.3. The first-order valence-electron chi connectivity index (χ1n) is 11.8. The molecule has 0 saturated heterocycles. The van der Waals surface area contributed by atoms with E-state index in [1.807, 2.05) is 6.07 Å². The summed E-state index contributed by atoms with van der Waals surface area (Å²) < 4.78 is 32.1. The lowest BCUT2D eigenvalue weighted by Gasteiger charge is -2.25. The monoisotopic (exact) mass is 545 g/mol. The van der Waals surface area contributed by atoms with Crippen molar-refractivity contribution in [1.29, 1.82) is 5.53 Å². The van der Waals surface area contributed by atoms with Gasteiger partial charge in [-0.1, -0.05) is 30.3 Å². The molecule has 14 nitrogen and oxygen atoms in total. The molecule has 0 fully saturated rings. The number of rotatable bonds is 15. The van der Waals surface area contributed by atoms with Gasteiger partial charge in [-0.3, -0.25) is 18.6 Å². The third-order valence-corrected chi connectivity index (χ3v) is 6.72. The molecule has 0 aliphatic heterocycles. The zero-order valence-corrected chi connectivity index (χ0v) is 21.9. The molecule has 2 aromatic heterocycles. The van der Waals surface area contributed by atoms with E-state index >= 15 is 0 Å². The molecule has 15 heteroatoms. The molecular weight excluding hydrogens is 515 g/mol. The van der Waals surface area contributed by atoms with Gasteiger partial charge in [-0.05, 0) is 25.8 Å². The zero-order valence-electron chi connectivity index (χ0n) is 21.0. The Kier molecular flexibility index (Phi) is 10.3. The zero-order chi connectivity index (χ0) is 27.5. The van der Waals surface area contributed by atoms with Crippen LogP contribution in [0.2, 0.25) is 0 Å². The van der Waals surface area contributed by atoms with Gasteiger partial charge in [0.05, 0.1) is 36.0 Å². The second kappa shape index (κ2) is 13.7. The highest BCUT2D eigenvalue weighted by atomic mass is 31.2. The molecule has 3 aromatic rings. The summed E-state index contributed by atoms with van der Waals surface area (Å²) >= 11 is 0. The Bertz CT molecular complexity index is 1340. The molecule has 202 valence electrons. The molecule has 1 aromatic carbocycles. The number of imidazole rings is 1. The number of hydrogen-bond acceptors (Lipinski definition) is 11. The van der Waals surface area contributed by atoms with Crippen molar-refractivity contribution in [1.82, 2.24) is 24.6 Å². The second-order valence-electron chi connectivity index (χ2n) is 8.39. The number of esters is 1. The fraction of sp³-hybridized carbons (Fsp3) is 0.391. The summed E-state index contributed by atoms with van der Waals surface area (Å²) in [6.45, 7) is 3.35. The average Bonchev–Trinajstić information content (AvgIpc) is 3.30. The number of carbonyl (C=O) groups excluding carboxylic acids is 2. The molecule has 0 bridgehead atoms. The van der Waals surface area contributed by atoms with Crippen LogP contribution in [0, 0.1) is 5.53 Å². The third-order valence-electron chi connectivity index (χ3n) is 5.11. The molecule has 1 unspecified atom stereocenters. The number of Topliss-reactive ketones (excluding diaryl/α,β-unsaturated/α-hetero) is 1. The summed E-state index contributed by atoms with van der Waals surface area (Å²) in [5.74, 6) is -0.974. The van der Waals surface area contributed by atoms with Gasteiger partial charge in [0.25, 0.3) is 0 Å². The molecule has 0 radical (unpaired) electrons. The first-order valence-corrected chi connectivity index (χ1v) is 13.3. The van der Waals surface area contributed by atoms with Crippen molar-refractivity contribution in [2.75, 3.05) is 12.3 Å². The number of fused-ring (bicyclic) bond motifs is 1. The van der Waals surface area contributed by atoms with Crippen LogP contribution >= 0.6 is 7.75 Å². The molecule has 2 atom stereocenters. The summed E-state index contributed by atoms with van der Waals surface area (Å²) in [5, 5.41) is 2.65. The first-order chi connectivity index (χ1) is 18.2. The molecule has 0 amide bonds.